The van der Waals surface area contributed by atoms with Crippen molar-refractivity contribution in [1.29, 1.82) is 0 Å². The van der Waals surface area contributed by atoms with Gasteiger partial charge in [0.2, 0.25) is 0 Å². The Labute approximate surface area is 58.0 Å². The van der Waals surface area contributed by atoms with Crippen molar-refractivity contribution in [2.75, 3.05) is 6.54 Å². The van der Waals surface area contributed by atoms with E-state index in [9.17, 15) is 9.18 Å². The van der Waals surface area contributed by atoms with Gasteiger partial charge in [0.15, 0.2) is 0 Å². The molecular weight excluding hydrogens is 139 g/mol. The van der Waals surface area contributed by atoms with Crippen LogP contribution in [0.3, 0.4) is 0 Å². The Morgan fingerprint density at radius 2 is 2.20 bits per heavy atom. The molecule has 5 heteroatoms. The van der Waals surface area contributed by atoms with Crippen molar-refractivity contribution in [2.45, 2.75) is 18.6 Å². The molecule has 0 radical (unpaired) electrons. The van der Waals surface area contributed by atoms with Crippen molar-refractivity contribution in [1.82, 2.24) is 0 Å². The predicted molar refractivity (Wildman–Crippen MR) is 34.2 cm³/mol. The molecule has 0 saturated heterocycles. The molecule has 0 aliphatic heterocycles. The zero-order chi connectivity index (χ0) is 8.15. The van der Waals surface area contributed by atoms with Gasteiger partial charge in [-0.15, -0.1) is 0 Å². The van der Waals surface area contributed by atoms with Crippen LogP contribution >= 0.6 is 0 Å². The summed E-state index contributed by atoms with van der Waals surface area (Å²) in [6.45, 7) is 0.113. The Balaban J connectivity index is 3.69. The first-order chi connectivity index (χ1) is 4.59. The van der Waals surface area contributed by atoms with Crippen molar-refractivity contribution in [3.8, 4) is 0 Å². The van der Waals surface area contributed by atoms with Gasteiger partial charge in [-0.05, 0) is 13.0 Å². The Hall–Kier alpha value is -0.680. The molecule has 0 unspecified atom stereocenters. The van der Waals surface area contributed by atoms with Crippen LogP contribution in [-0.4, -0.2) is 29.8 Å². The molecule has 0 aromatic rings. The number of nitrogens with two attached hydrogens (primary N) is 2. The quantitative estimate of drug-likeness (QED) is 0.483. The van der Waals surface area contributed by atoms with Crippen LogP contribution < -0.4 is 11.5 Å². The Kier molecular flexibility index (Phi) is 3.90. The van der Waals surface area contributed by atoms with Gasteiger partial charge in [0.1, 0.15) is 12.2 Å². The van der Waals surface area contributed by atoms with Crippen molar-refractivity contribution in [3.05, 3.63) is 0 Å². The zero-order valence-electron chi connectivity index (χ0n) is 5.46. The van der Waals surface area contributed by atoms with Crippen LogP contribution in [-0.2, 0) is 4.79 Å². The maximum Gasteiger partial charge on any atom is 0.323 e. The number of carbonyl (C=O) groups is 1. The Bertz CT molecular complexity index is 120. The third-order valence-corrected chi connectivity index (χ3v) is 1.12. The van der Waals surface area contributed by atoms with Crippen molar-refractivity contribution >= 4 is 5.97 Å². The molecule has 60 valence electrons. The largest absolute Gasteiger partial charge is 0.480 e. The van der Waals surface area contributed by atoms with E-state index in [0.717, 1.165) is 0 Å². The van der Waals surface area contributed by atoms with Gasteiger partial charge < -0.3 is 16.6 Å². The standard InChI is InChI=1S/C5H11FN2O2/c6-3(1-2-7)4(8)5(9)10/h3-4H,1-2,7-8H2,(H,9,10)/t3-,4+/m1/s1. The molecule has 0 aliphatic carbocycles. The van der Waals surface area contributed by atoms with E-state index in [-0.39, 0.29) is 13.0 Å². The summed E-state index contributed by atoms with van der Waals surface area (Å²) in [6, 6.07) is -1.44. The number of rotatable bonds is 4. The second-order valence-corrected chi connectivity index (χ2v) is 1.96. The first-order valence-corrected chi connectivity index (χ1v) is 2.92. The number of alkyl halides is 1. The summed E-state index contributed by atoms with van der Waals surface area (Å²) >= 11 is 0. The molecular formula is C5H11FN2O2. The highest BCUT2D eigenvalue weighted by Gasteiger charge is 2.22. The van der Waals surface area contributed by atoms with E-state index in [4.69, 9.17) is 16.6 Å². The van der Waals surface area contributed by atoms with Gasteiger partial charge >= 0.3 is 5.97 Å². The minimum Gasteiger partial charge on any atom is -0.480 e. The Morgan fingerprint density at radius 3 is 2.50 bits per heavy atom. The van der Waals surface area contributed by atoms with Crippen molar-refractivity contribution < 1.29 is 14.3 Å². The molecule has 0 aliphatic rings. The van der Waals surface area contributed by atoms with Gasteiger partial charge in [-0.25, -0.2) is 4.39 Å². The van der Waals surface area contributed by atoms with Crippen LogP contribution in [0, 0.1) is 0 Å². The van der Waals surface area contributed by atoms with E-state index >= 15 is 0 Å². The first-order valence-electron chi connectivity index (χ1n) is 2.92. The molecule has 0 spiro atoms. The fourth-order valence-corrected chi connectivity index (χ4v) is 0.493. The minimum atomic E-state index is -1.54. The molecule has 0 heterocycles. The number of aliphatic carboxylic acids is 1. The highest BCUT2D eigenvalue weighted by molar-refractivity contribution is 5.73. The summed E-state index contributed by atoms with van der Waals surface area (Å²) in [5.41, 5.74) is 9.89. The summed E-state index contributed by atoms with van der Waals surface area (Å²) < 4.78 is 12.5. The number of carboxylic acids is 1. The summed E-state index contributed by atoms with van der Waals surface area (Å²) in [5, 5.41) is 8.17. The maximum atomic E-state index is 12.5. The molecule has 0 rings (SSSR count). The molecule has 10 heavy (non-hydrogen) atoms. The molecule has 0 aromatic heterocycles. The smallest absolute Gasteiger partial charge is 0.323 e. The second-order valence-electron chi connectivity index (χ2n) is 1.96. The van der Waals surface area contributed by atoms with Crippen molar-refractivity contribution in [3.63, 3.8) is 0 Å². The second kappa shape index (κ2) is 4.19. The monoisotopic (exact) mass is 150 g/mol. The topological polar surface area (TPSA) is 89.3 Å². The van der Waals surface area contributed by atoms with Crippen LogP contribution in [0.2, 0.25) is 0 Å². The summed E-state index contributed by atoms with van der Waals surface area (Å²) in [4.78, 5) is 10.0. The van der Waals surface area contributed by atoms with Crippen LogP contribution in [0.1, 0.15) is 6.42 Å². The van der Waals surface area contributed by atoms with E-state index in [1.165, 1.54) is 0 Å². The number of halogens is 1. The fraction of sp³-hybridized carbons (Fsp3) is 0.800. The van der Waals surface area contributed by atoms with Gasteiger partial charge in [-0.2, -0.15) is 0 Å². The molecule has 0 bridgehead atoms. The third-order valence-electron chi connectivity index (χ3n) is 1.12. The van der Waals surface area contributed by atoms with E-state index in [1.54, 1.807) is 0 Å². The molecule has 2 atom stereocenters. The molecule has 4 nitrogen and oxygen atoms in total. The lowest BCUT2D eigenvalue weighted by Crippen LogP contribution is -2.40. The number of hydrogen-bond donors (Lipinski definition) is 3. The lowest BCUT2D eigenvalue weighted by atomic mass is 10.1. The molecule has 0 saturated carbocycles. The lowest BCUT2D eigenvalue weighted by molar-refractivity contribution is -0.140. The SMILES string of the molecule is NCC[C@@H](F)[C@H](N)C(=O)O. The average Bonchev–Trinajstić information content (AvgIpc) is 1.87. The molecule has 0 amide bonds. The van der Waals surface area contributed by atoms with Gasteiger partial charge in [-0.1, -0.05) is 0 Å². The van der Waals surface area contributed by atoms with Crippen LogP contribution in [0.15, 0.2) is 0 Å². The first kappa shape index (κ1) is 9.32. The van der Waals surface area contributed by atoms with E-state index < -0.39 is 18.2 Å². The van der Waals surface area contributed by atoms with Gasteiger partial charge in [0.05, 0.1) is 0 Å². The average molecular weight is 150 g/mol. The van der Waals surface area contributed by atoms with E-state index in [0.29, 0.717) is 0 Å². The Morgan fingerprint density at radius 1 is 1.70 bits per heavy atom. The minimum absolute atomic E-state index is 0.00648. The maximum absolute atomic E-state index is 12.5. The highest BCUT2D eigenvalue weighted by Crippen LogP contribution is 2.00. The predicted octanol–water partition coefficient (Wildman–Crippen LogP) is -0.915. The van der Waals surface area contributed by atoms with Crippen molar-refractivity contribution in [2.24, 2.45) is 11.5 Å². The number of carboxylic acid groups (broad SMARTS) is 1. The fourth-order valence-electron chi connectivity index (χ4n) is 0.493. The van der Waals surface area contributed by atoms with E-state index in [1.807, 2.05) is 0 Å². The normalized spacial score (nSPS) is 16.3. The van der Waals surface area contributed by atoms with Crippen LogP contribution in [0.4, 0.5) is 4.39 Å². The van der Waals surface area contributed by atoms with Crippen LogP contribution in [0.25, 0.3) is 0 Å². The van der Waals surface area contributed by atoms with Gasteiger partial charge in [-0.3, -0.25) is 4.79 Å². The van der Waals surface area contributed by atoms with Gasteiger partial charge in [0.25, 0.3) is 0 Å². The summed E-state index contributed by atoms with van der Waals surface area (Å²) in [5.74, 6) is -1.33. The third kappa shape index (κ3) is 2.75. The molecule has 0 fully saturated rings. The van der Waals surface area contributed by atoms with E-state index in [2.05, 4.69) is 0 Å². The lowest BCUT2D eigenvalue weighted by Gasteiger charge is -2.09. The zero-order valence-corrected chi connectivity index (χ0v) is 5.46. The summed E-state index contributed by atoms with van der Waals surface area (Å²) in [6.07, 6.45) is -1.55. The number of hydrogen-bond acceptors (Lipinski definition) is 3. The van der Waals surface area contributed by atoms with Crippen LogP contribution in [0.5, 0.6) is 0 Å². The molecule has 0 aromatic carbocycles. The summed E-state index contributed by atoms with van der Waals surface area (Å²) in [7, 11) is 0. The highest BCUT2D eigenvalue weighted by atomic mass is 19.1. The molecule has 5 N–H and O–H groups in total. The van der Waals surface area contributed by atoms with Gasteiger partial charge in [0, 0.05) is 0 Å².